The Hall–Kier alpha value is -1.18. The summed E-state index contributed by atoms with van der Waals surface area (Å²) in [5.74, 6) is -1.43. The van der Waals surface area contributed by atoms with Crippen molar-refractivity contribution in [1.82, 2.24) is 5.32 Å². The third-order valence-corrected chi connectivity index (χ3v) is 3.15. The maximum atomic E-state index is 11.0. The maximum Gasteiger partial charge on any atom is 0.338 e. The molecular formula is C9H14N2O5. The van der Waals surface area contributed by atoms with Crippen molar-refractivity contribution in [2.75, 3.05) is 0 Å². The number of fused-ring (bicyclic) bond motifs is 1. The zero-order valence-corrected chi connectivity index (χ0v) is 8.71. The average Bonchev–Trinajstić information content (AvgIpc) is 2.88. The molecule has 90 valence electrons. The van der Waals surface area contributed by atoms with Gasteiger partial charge in [0.05, 0.1) is 6.04 Å². The minimum absolute atomic E-state index is 0.0923. The number of carboxylic acid groups (broad SMARTS) is 1. The van der Waals surface area contributed by atoms with Crippen molar-refractivity contribution >= 4 is 11.9 Å². The molecule has 1 heterocycles. The van der Waals surface area contributed by atoms with Crippen LogP contribution in [0.5, 0.6) is 0 Å². The zero-order valence-electron chi connectivity index (χ0n) is 8.71. The lowest BCUT2D eigenvalue weighted by molar-refractivity contribution is -0.144. The number of ether oxygens (including phenoxy) is 1. The lowest BCUT2D eigenvalue weighted by Gasteiger charge is -2.33. The number of carboxylic acids is 1. The van der Waals surface area contributed by atoms with Crippen molar-refractivity contribution in [3.63, 3.8) is 0 Å². The molecule has 2 fully saturated rings. The molecule has 2 aliphatic rings. The zero-order chi connectivity index (χ0) is 12.1. The van der Waals surface area contributed by atoms with Crippen LogP contribution in [0, 0.1) is 0 Å². The van der Waals surface area contributed by atoms with Gasteiger partial charge in [-0.25, -0.2) is 4.79 Å². The molecule has 7 heteroatoms. The molecule has 16 heavy (non-hydrogen) atoms. The largest absolute Gasteiger partial charge is 0.479 e. The molecule has 0 spiro atoms. The van der Waals surface area contributed by atoms with Gasteiger partial charge >= 0.3 is 5.97 Å². The van der Waals surface area contributed by atoms with Crippen LogP contribution in [0.3, 0.4) is 0 Å². The first kappa shape index (κ1) is 11.3. The third-order valence-electron chi connectivity index (χ3n) is 3.15. The molecule has 0 aromatic carbocycles. The fraction of sp³-hybridized carbons (Fsp3) is 0.778. The molecule has 7 nitrogen and oxygen atoms in total. The number of hydrogen-bond acceptors (Lipinski definition) is 5. The summed E-state index contributed by atoms with van der Waals surface area (Å²) in [6, 6.07) is -1.29. The summed E-state index contributed by atoms with van der Waals surface area (Å²) in [6.45, 7) is 1.31. The fourth-order valence-electron chi connectivity index (χ4n) is 2.31. The fourth-order valence-corrected chi connectivity index (χ4v) is 2.31. The van der Waals surface area contributed by atoms with Gasteiger partial charge in [0.2, 0.25) is 5.91 Å². The molecule has 2 rings (SSSR count). The number of amides is 1. The number of rotatable bonds is 2. The molecule has 1 amide bonds. The van der Waals surface area contributed by atoms with Crippen LogP contribution < -0.4 is 11.1 Å². The van der Waals surface area contributed by atoms with Crippen LogP contribution in [0.25, 0.3) is 0 Å². The van der Waals surface area contributed by atoms with E-state index in [2.05, 4.69) is 5.32 Å². The summed E-state index contributed by atoms with van der Waals surface area (Å²) in [5, 5.41) is 21.3. The van der Waals surface area contributed by atoms with Gasteiger partial charge in [-0.2, -0.15) is 0 Å². The van der Waals surface area contributed by atoms with Crippen molar-refractivity contribution in [3.05, 3.63) is 0 Å². The molecular weight excluding hydrogens is 216 g/mol. The molecule has 1 saturated carbocycles. The van der Waals surface area contributed by atoms with E-state index in [1.165, 1.54) is 6.92 Å². The Morgan fingerprint density at radius 1 is 1.56 bits per heavy atom. The molecule has 1 aliphatic carbocycles. The lowest BCUT2D eigenvalue weighted by Crippen LogP contribution is -2.61. The van der Waals surface area contributed by atoms with E-state index in [1.54, 1.807) is 0 Å². The Labute approximate surface area is 91.6 Å². The topological polar surface area (TPSA) is 125 Å². The van der Waals surface area contributed by atoms with Gasteiger partial charge in [-0.05, 0) is 0 Å². The number of aliphatic carboxylic acids is 1. The van der Waals surface area contributed by atoms with E-state index < -0.39 is 35.9 Å². The number of epoxide rings is 1. The predicted molar refractivity (Wildman–Crippen MR) is 51.4 cm³/mol. The second-order valence-corrected chi connectivity index (χ2v) is 4.32. The van der Waals surface area contributed by atoms with E-state index in [-0.39, 0.29) is 12.3 Å². The second kappa shape index (κ2) is 3.41. The smallest absolute Gasteiger partial charge is 0.338 e. The Morgan fingerprint density at radius 3 is 2.69 bits per heavy atom. The Balaban J connectivity index is 2.13. The first-order chi connectivity index (χ1) is 7.38. The highest BCUT2D eigenvalue weighted by Crippen LogP contribution is 2.47. The van der Waals surface area contributed by atoms with Crippen molar-refractivity contribution in [1.29, 1.82) is 0 Å². The Bertz CT molecular complexity index is 347. The molecule has 0 bridgehead atoms. The van der Waals surface area contributed by atoms with Crippen LogP contribution in [0.1, 0.15) is 13.3 Å². The normalized spacial score (nSPS) is 45.7. The van der Waals surface area contributed by atoms with Crippen LogP contribution in [-0.2, 0) is 14.3 Å². The van der Waals surface area contributed by atoms with Gasteiger partial charge in [-0.15, -0.1) is 0 Å². The van der Waals surface area contributed by atoms with Crippen molar-refractivity contribution < 1.29 is 24.5 Å². The number of aliphatic hydroxyl groups excluding tert-OH is 1. The van der Waals surface area contributed by atoms with E-state index in [0.717, 1.165) is 0 Å². The summed E-state index contributed by atoms with van der Waals surface area (Å²) in [6.07, 6.45) is -1.76. The van der Waals surface area contributed by atoms with Gasteiger partial charge in [0.1, 0.15) is 12.2 Å². The molecule has 5 atom stereocenters. The monoisotopic (exact) mass is 230 g/mol. The van der Waals surface area contributed by atoms with Gasteiger partial charge < -0.3 is 26.0 Å². The lowest BCUT2D eigenvalue weighted by atomic mass is 9.80. The average molecular weight is 230 g/mol. The first-order valence-corrected chi connectivity index (χ1v) is 5.00. The summed E-state index contributed by atoms with van der Waals surface area (Å²) >= 11 is 0. The predicted octanol–water partition coefficient (Wildman–Crippen LogP) is -2.19. The van der Waals surface area contributed by atoms with Crippen LogP contribution in [0.4, 0.5) is 0 Å². The van der Waals surface area contributed by atoms with E-state index in [9.17, 15) is 14.7 Å². The van der Waals surface area contributed by atoms with E-state index in [4.69, 9.17) is 15.6 Å². The highest BCUT2D eigenvalue weighted by Gasteiger charge is 2.71. The number of carbonyl (C=O) groups is 2. The Kier molecular flexibility index (Phi) is 2.41. The van der Waals surface area contributed by atoms with Crippen molar-refractivity contribution in [2.24, 2.45) is 5.73 Å². The highest BCUT2D eigenvalue weighted by molar-refractivity contribution is 5.82. The van der Waals surface area contributed by atoms with E-state index in [1.807, 2.05) is 0 Å². The molecule has 0 radical (unpaired) electrons. The van der Waals surface area contributed by atoms with Gasteiger partial charge in [-0.3, -0.25) is 4.79 Å². The molecule has 5 N–H and O–H groups in total. The summed E-state index contributed by atoms with van der Waals surface area (Å²) in [7, 11) is 0. The van der Waals surface area contributed by atoms with Gasteiger partial charge in [-0.1, -0.05) is 0 Å². The van der Waals surface area contributed by atoms with Crippen LogP contribution in [0.2, 0.25) is 0 Å². The van der Waals surface area contributed by atoms with Crippen molar-refractivity contribution in [3.8, 4) is 0 Å². The second-order valence-electron chi connectivity index (χ2n) is 4.32. The number of carbonyl (C=O) groups excluding carboxylic acids is 1. The van der Waals surface area contributed by atoms with Crippen LogP contribution in [-0.4, -0.2) is 52.0 Å². The summed E-state index contributed by atoms with van der Waals surface area (Å²) in [5.41, 5.74) is 4.39. The molecule has 0 aromatic heterocycles. The minimum atomic E-state index is -1.35. The van der Waals surface area contributed by atoms with Gasteiger partial charge in [0.15, 0.2) is 5.60 Å². The third kappa shape index (κ3) is 1.48. The minimum Gasteiger partial charge on any atom is -0.479 e. The molecule has 2 unspecified atom stereocenters. The summed E-state index contributed by atoms with van der Waals surface area (Å²) in [4.78, 5) is 21.9. The van der Waals surface area contributed by atoms with Crippen LogP contribution in [0.15, 0.2) is 0 Å². The molecule has 0 aromatic rings. The van der Waals surface area contributed by atoms with E-state index >= 15 is 0 Å². The molecule has 1 aliphatic heterocycles. The summed E-state index contributed by atoms with van der Waals surface area (Å²) < 4.78 is 5.04. The standard InChI is InChI=1S/C9H14N2O5/c1-3(12)11-5-4(10)2-9(8(14)15)7(16-9)6(5)13/h4-7,13H,2,10H2,1H3,(H,11,12)(H,14,15)/t4-,5+,6-,7?,9?/m0/s1. The van der Waals surface area contributed by atoms with Gasteiger partial charge in [0.25, 0.3) is 0 Å². The number of hydrogen-bond donors (Lipinski definition) is 4. The highest BCUT2D eigenvalue weighted by atomic mass is 16.6. The SMILES string of the molecule is CC(=O)N[C@H]1[C@H](O)C2OC2(C(=O)O)C[C@@H]1N. The van der Waals surface area contributed by atoms with E-state index in [0.29, 0.717) is 0 Å². The number of aliphatic hydroxyl groups is 1. The number of nitrogens with one attached hydrogen (secondary N) is 1. The molecule has 1 saturated heterocycles. The van der Waals surface area contributed by atoms with Gasteiger partial charge in [0, 0.05) is 19.4 Å². The maximum absolute atomic E-state index is 11.0. The number of nitrogens with two attached hydrogens (primary N) is 1. The Morgan fingerprint density at radius 2 is 2.19 bits per heavy atom. The van der Waals surface area contributed by atoms with Crippen molar-refractivity contribution in [2.45, 2.75) is 43.2 Å². The van der Waals surface area contributed by atoms with Crippen LogP contribution >= 0.6 is 0 Å². The quantitative estimate of drug-likeness (QED) is 0.399. The first-order valence-electron chi connectivity index (χ1n) is 5.00.